The fourth-order valence-corrected chi connectivity index (χ4v) is 2.85. The number of hydrogen-bond acceptors (Lipinski definition) is 4. The predicted octanol–water partition coefficient (Wildman–Crippen LogP) is 1.85. The van der Waals surface area contributed by atoms with Crippen LogP contribution in [0.5, 0.6) is 5.88 Å². The second kappa shape index (κ2) is 6.38. The van der Waals surface area contributed by atoms with Gasteiger partial charge in [0.25, 0.3) is 5.91 Å². The van der Waals surface area contributed by atoms with Gasteiger partial charge in [-0.3, -0.25) is 4.79 Å². The standard InChI is InChI=1S/C14H18F3N3O3/c15-14(16,17)9-19(10-3-1-5-22-8-10)13(21)11-7-12-20(18-11)4-2-6-23-12/h7,10H,1-6,8-9H2. The molecule has 1 amide bonds. The van der Waals surface area contributed by atoms with E-state index >= 15 is 0 Å². The van der Waals surface area contributed by atoms with Crippen molar-refractivity contribution in [2.75, 3.05) is 26.4 Å². The van der Waals surface area contributed by atoms with Crippen molar-refractivity contribution in [1.82, 2.24) is 14.7 Å². The number of aryl methyl sites for hydroxylation is 1. The summed E-state index contributed by atoms with van der Waals surface area (Å²) < 4.78 is 50.7. The average molecular weight is 333 g/mol. The number of carbonyl (C=O) groups excluding carboxylic acids is 1. The van der Waals surface area contributed by atoms with E-state index in [4.69, 9.17) is 9.47 Å². The minimum Gasteiger partial charge on any atom is -0.478 e. The second-order valence-corrected chi connectivity index (χ2v) is 5.71. The highest BCUT2D eigenvalue weighted by molar-refractivity contribution is 5.93. The Bertz CT molecular complexity index is 544. The molecule has 1 aromatic rings. The van der Waals surface area contributed by atoms with E-state index in [-0.39, 0.29) is 12.3 Å². The Hall–Kier alpha value is -1.77. The summed E-state index contributed by atoms with van der Waals surface area (Å²) in [5.41, 5.74) is -0.0169. The highest BCUT2D eigenvalue weighted by Crippen LogP contribution is 2.25. The number of aromatic nitrogens is 2. The third-order valence-electron chi connectivity index (χ3n) is 3.91. The Morgan fingerprint density at radius 1 is 1.39 bits per heavy atom. The van der Waals surface area contributed by atoms with Crippen LogP contribution in [0.1, 0.15) is 29.8 Å². The summed E-state index contributed by atoms with van der Waals surface area (Å²) in [6.07, 6.45) is -2.59. The van der Waals surface area contributed by atoms with Crippen LogP contribution in [0.15, 0.2) is 6.07 Å². The summed E-state index contributed by atoms with van der Waals surface area (Å²) in [5.74, 6) is -0.310. The van der Waals surface area contributed by atoms with Gasteiger partial charge in [0, 0.05) is 25.6 Å². The molecule has 1 unspecified atom stereocenters. The van der Waals surface area contributed by atoms with E-state index in [2.05, 4.69) is 5.10 Å². The highest BCUT2D eigenvalue weighted by Gasteiger charge is 2.38. The summed E-state index contributed by atoms with van der Waals surface area (Å²) in [7, 11) is 0. The van der Waals surface area contributed by atoms with E-state index in [1.54, 1.807) is 0 Å². The van der Waals surface area contributed by atoms with E-state index in [0.717, 1.165) is 11.3 Å². The van der Waals surface area contributed by atoms with Crippen molar-refractivity contribution in [3.63, 3.8) is 0 Å². The fourth-order valence-electron chi connectivity index (χ4n) is 2.85. The van der Waals surface area contributed by atoms with Crippen molar-refractivity contribution in [1.29, 1.82) is 0 Å². The molecule has 1 fully saturated rings. The molecular weight excluding hydrogens is 315 g/mol. The Labute approximate surface area is 131 Å². The number of alkyl halides is 3. The maximum Gasteiger partial charge on any atom is 0.406 e. The molecule has 0 spiro atoms. The first-order valence-electron chi connectivity index (χ1n) is 7.60. The van der Waals surface area contributed by atoms with Crippen LogP contribution in [0.3, 0.4) is 0 Å². The first kappa shape index (κ1) is 16.1. The average Bonchev–Trinajstić information content (AvgIpc) is 2.96. The second-order valence-electron chi connectivity index (χ2n) is 5.71. The van der Waals surface area contributed by atoms with Crippen LogP contribution in [0.2, 0.25) is 0 Å². The van der Waals surface area contributed by atoms with Gasteiger partial charge >= 0.3 is 6.18 Å². The molecule has 23 heavy (non-hydrogen) atoms. The lowest BCUT2D eigenvalue weighted by atomic mass is 10.1. The molecule has 1 saturated heterocycles. The topological polar surface area (TPSA) is 56.6 Å². The molecule has 0 N–H and O–H groups in total. The minimum absolute atomic E-state index is 0.0169. The van der Waals surface area contributed by atoms with Gasteiger partial charge in [-0.1, -0.05) is 0 Å². The van der Waals surface area contributed by atoms with Crippen LogP contribution in [0.4, 0.5) is 13.2 Å². The number of ether oxygens (including phenoxy) is 2. The van der Waals surface area contributed by atoms with Crippen LogP contribution >= 0.6 is 0 Å². The van der Waals surface area contributed by atoms with Crippen LogP contribution in [0.25, 0.3) is 0 Å². The van der Waals surface area contributed by atoms with Gasteiger partial charge in [0.1, 0.15) is 6.54 Å². The quantitative estimate of drug-likeness (QED) is 0.847. The number of rotatable bonds is 3. The van der Waals surface area contributed by atoms with Crippen LogP contribution in [-0.2, 0) is 11.3 Å². The molecule has 3 heterocycles. The van der Waals surface area contributed by atoms with Crippen molar-refractivity contribution >= 4 is 5.91 Å². The number of nitrogens with zero attached hydrogens (tertiary/aromatic N) is 3. The van der Waals surface area contributed by atoms with Crippen molar-refractivity contribution in [2.45, 2.75) is 38.0 Å². The first-order chi connectivity index (χ1) is 10.9. The Balaban J connectivity index is 1.82. The monoisotopic (exact) mass is 333 g/mol. The van der Waals surface area contributed by atoms with Gasteiger partial charge in [-0.2, -0.15) is 18.3 Å². The highest BCUT2D eigenvalue weighted by atomic mass is 19.4. The lowest BCUT2D eigenvalue weighted by Crippen LogP contribution is -2.49. The number of carbonyl (C=O) groups is 1. The van der Waals surface area contributed by atoms with Crippen LogP contribution in [0, 0.1) is 0 Å². The van der Waals surface area contributed by atoms with Crippen molar-refractivity contribution in [2.24, 2.45) is 0 Å². The van der Waals surface area contributed by atoms with Gasteiger partial charge in [-0.25, -0.2) is 4.68 Å². The molecular formula is C14H18F3N3O3. The van der Waals surface area contributed by atoms with Gasteiger partial charge in [-0.15, -0.1) is 0 Å². The molecule has 0 saturated carbocycles. The zero-order valence-corrected chi connectivity index (χ0v) is 12.5. The third-order valence-corrected chi connectivity index (χ3v) is 3.91. The molecule has 3 rings (SSSR count). The molecule has 6 nitrogen and oxygen atoms in total. The van der Waals surface area contributed by atoms with Gasteiger partial charge in [0.05, 0.1) is 19.3 Å². The molecule has 0 aromatic carbocycles. The summed E-state index contributed by atoms with van der Waals surface area (Å²) in [6, 6.07) is 0.826. The maximum atomic E-state index is 12.9. The normalized spacial score (nSPS) is 21.4. The Morgan fingerprint density at radius 2 is 2.22 bits per heavy atom. The van der Waals surface area contributed by atoms with Crippen molar-refractivity contribution in [3.8, 4) is 5.88 Å². The van der Waals surface area contributed by atoms with E-state index in [0.29, 0.717) is 38.5 Å². The Morgan fingerprint density at radius 3 is 2.87 bits per heavy atom. The van der Waals surface area contributed by atoms with E-state index in [9.17, 15) is 18.0 Å². The molecule has 128 valence electrons. The number of hydrogen-bond donors (Lipinski definition) is 0. The van der Waals surface area contributed by atoms with Gasteiger partial charge in [0.2, 0.25) is 5.88 Å². The zero-order valence-electron chi connectivity index (χ0n) is 12.5. The summed E-state index contributed by atoms with van der Waals surface area (Å²) in [5, 5.41) is 4.09. The number of amides is 1. The van der Waals surface area contributed by atoms with Crippen LogP contribution in [-0.4, -0.2) is 59.2 Å². The van der Waals surface area contributed by atoms with Crippen molar-refractivity contribution < 1.29 is 27.4 Å². The molecule has 2 aliphatic heterocycles. The van der Waals surface area contributed by atoms with Crippen LogP contribution < -0.4 is 4.74 Å². The third kappa shape index (κ3) is 3.77. The van der Waals surface area contributed by atoms with E-state index in [1.165, 1.54) is 10.7 Å². The molecule has 0 aliphatic carbocycles. The summed E-state index contributed by atoms with van der Waals surface area (Å²) in [4.78, 5) is 13.4. The summed E-state index contributed by atoms with van der Waals surface area (Å²) in [6.45, 7) is 0.433. The van der Waals surface area contributed by atoms with Gasteiger partial charge < -0.3 is 14.4 Å². The number of halogens is 3. The lowest BCUT2D eigenvalue weighted by molar-refractivity contribution is -0.148. The maximum absolute atomic E-state index is 12.9. The SMILES string of the molecule is O=C(c1cc2n(n1)CCCO2)N(CC(F)(F)F)C1CCCOC1. The Kier molecular flexibility index (Phi) is 4.47. The molecule has 1 aromatic heterocycles. The molecule has 0 bridgehead atoms. The fraction of sp³-hybridized carbons (Fsp3) is 0.714. The van der Waals surface area contributed by atoms with E-state index in [1.807, 2.05) is 0 Å². The van der Waals surface area contributed by atoms with Gasteiger partial charge in [-0.05, 0) is 12.8 Å². The van der Waals surface area contributed by atoms with E-state index < -0.39 is 24.7 Å². The molecule has 0 radical (unpaired) electrons. The smallest absolute Gasteiger partial charge is 0.406 e. The molecule has 9 heteroatoms. The lowest BCUT2D eigenvalue weighted by Gasteiger charge is -2.34. The predicted molar refractivity (Wildman–Crippen MR) is 73.3 cm³/mol. The number of fused-ring (bicyclic) bond motifs is 1. The minimum atomic E-state index is -4.47. The van der Waals surface area contributed by atoms with Gasteiger partial charge in [0.15, 0.2) is 5.69 Å². The zero-order chi connectivity index (χ0) is 16.4. The van der Waals surface area contributed by atoms with Crippen molar-refractivity contribution in [3.05, 3.63) is 11.8 Å². The molecule has 2 aliphatic rings. The largest absolute Gasteiger partial charge is 0.478 e. The first-order valence-corrected chi connectivity index (χ1v) is 7.60. The summed E-state index contributed by atoms with van der Waals surface area (Å²) >= 11 is 0. The molecule has 1 atom stereocenters.